The van der Waals surface area contributed by atoms with Gasteiger partial charge < -0.3 is 15.4 Å². The van der Waals surface area contributed by atoms with E-state index in [0.717, 1.165) is 38.1 Å². The van der Waals surface area contributed by atoms with Crippen molar-refractivity contribution in [1.82, 2.24) is 4.90 Å². The zero-order chi connectivity index (χ0) is 13.9. The minimum Gasteiger partial charge on any atom is -0.465 e. The first kappa shape index (κ1) is 14.8. The summed E-state index contributed by atoms with van der Waals surface area (Å²) < 4.78 is 5.17. The van der Waals surface area contributed by atoms with Crippen molar-refractivity contribution in [2.45, 2.75) is 51.5 Å². The maximum absolute atomic E-state index is 12.1. The maximum atomic E-state index is 12.1. The molecule has 4 heteroatoms. The summed E-state index contributed by atoms with van der Waals surface area (Å²) >= 11 is 0. The first-order valence-corrected chi connectivity index (χ1v) is 7.74. The molecule has 2 fully saturated rings. The Balaban J connectivity index is 1.86. The second-order valence-electron chi connectivity index (χ2n) is 6.33. The Morgan fingerprint density at radius 2 is 2.26 bits per heavy atom. The van der Waals surface area contributed by atoms with E-state index in [1.54, 1.807) is 0 Å². The Morgan fingerprint density at radius 1 is 1.47 bits per heavy atom. The Hall–Kier alpha value is -0.610. The van der Waals surface area contributed by atoms with Gasteiger partial charge in [-0.1, -0.05) is 13.3 Å². The van der Waals surface area contributed by atoms with Gasteiger partial charge in [0.1, 0.15) is 5.54 Å². The summed E-state index contributed by atoms with van der Waals surface area (Å²) in [4.78, 5) is 14.6. The number of likely N-dealkylation sites (tertiary alicyclic amines) is 1. The number of nitrogens with zero attached hydrogens (tertiary/aromatic N) is 1. The normalized spacial score (nSPS) is 35.7. The molecule has 1 aliphatic heterocycles. The highest BCUT2D eigenvalue weighted by molar-refractivity contribution is 5.81. The molecular formula is C15H28N2O2. The van der Waals surface area contributed by atoms with Crippen LogP contribution in [0, 0.1) is 11.8 Å². The molecule has 1 heterocycles. The minimum absolute atomic E-state index is 0.188. The number of nitrogens with two attached hydrogens (primary N) is 1. The number of carbonyl (C=O) groups is 1. The average molecular weight is 268 g/mol. The van der Waals surface area contributed by atoms with Crippen LogP contribution in [0.2, 0.25) is 0 Å². The summed E-state index contributed by atoms with van der Waals surface area (Å²) in [5.41, 5.74) is 5.63. The number of rotatable bonds is 5. The Labute approximate surface area is 116 Å². The van der Waals surface area contributed by atoms with Crippen LogP contribution in [0.4, 0.5) is 0 Å². The van der Waals surface area contributed by atoms with Crippen molar-refractivity contribution < 1.29 is 9.53 Å². The number of ether oxygens (including phenoxy) is 1. The molecule has 0 amide bonds. The number of carbonyl (C=O) groups excluding carboxylic acids is 1. The van der Waals surface area contributed by atoms with Crippen molar-refractivity contribution in [3.63, 3.8) is 0 Å². The molecule has 1 saturated carbocycles. The quantitative estimate of drug-likeness (QED) is 0.772. The van der Waals surface area contributed by atoms with E-state index in [0.29, 0.717) is 12.5 Å². The lowest BCUT2D eigenvalue weighted by atomic mass is 9.85. The SMILES string of the molecule is CCOC(=O)C1(N)CCCC1CCN1CCC(C)C1. The van der Waals surface area contributed by atoms with Crippen LogP contribution in [0.15, 0.2) is 0 Å². The van der Waals surface area contributed by atoms with Crippen LogP contribution < -0.4 is 5.73 Å². The van der Waals surface area contributed by atoms with Crippen LogP contribution in [-0.2, 0) is 9.53 Å². The van der Waals surface area contributed by atoms with Gasteiger partial charge in [0.2, 0.25) is 0 Å². The summed E-state index contributed by atoms with van der Waals surface area (Å²) in [6.45, 7) is 8.05. The van der Waals surface area contributed by atoms with E-state index in [1.807, 2.05) is 6.92 Å². The van der Waals surface area contributed by atoms with Crippen molar-refractivity contribution in [3.05, 3.63) is 0 Å². The first-order valence-electron chi connectivity index (χ1n) is 7.74. The first-order chi connectivity index (χ1) is 9.06. The standard InChI is InChI=1S/C15H28N2O2/c1-3-19-14(18)15(16)8-4-5-13(15)7-10-17-9-6-12(2)11-17/h12-13H,3-11,16H2,1-2H3. The lowest BCUT2D eigenvalue weighted by molar-refractivity contribution is -0.151. The van der Waals surface area contributed by atoms with Crippen molar-refractivity contribution in [2.24, 2.45) is 17.6 Å². The van der Waals surface area contributed by atoms with Gasteiger partial charge in [-0.25, -0.2) is 0 Å². The van der Waals surface area contributed by atoms with Crippen molar-refractivity contribution in [2.75, 3.05) is 26.2 Å². The van der Waals surface area contributed by atoms with Crippen LogP contribution in [0.5, 0.6) is 0 Å². The smallest absolute Gasteiger partial charge is 0.326 e. The Bertz CT molecular complexity index is 321. The predicted molar refractivity (Wildman–Crippen MR) is 75.7 cm³/mol. The van der Waals surface area contributed by atoms with Gasteiger partial charge >= 0.3 is 5.97 Å². The van der Waals surface area contributed by atoms with Gasteiger partial charge in [-0.05, 0) is 57.5 Å². The van der Waals surface area contributed by atoms with Crippen molar-refractivity contribution in [3.8, 4) is 0 Å². The Morgan fingerprint density at radius 3 is 2.89 bits per heavy atom. The van der Waals surface area contributed by atoms with Gasteiger partial charge in [0, 0.05) is 6.54 Å². The molecule has 0 aromatic rings. The fraction of sp³-hybridized carbons (Fsp3) is 0.933. The number of esters is 1. The predicted octanol–water partition coefficient (Wildman–Crippen LogP) is 1.78. The van der Waals surface area contributed by atoms with Gasteiger partial charge in [0.05, 0.1) is 6.61 Å². The summed E-state index contributed by atoms with van der Waals surface area (Å²) in [7, 11) is 0. The zero-order valence-corrected chi connectivity index (χ0v) is 12.4. The molecule has 3 unspecified atom stereocenters. The largest absolute Gasteiger partial charge is 0.465 e. The molecule has 1 saturated heterocycles. The molecule has 110 valence electrons. The van der Waals surface area contributed by atoms with Gasteiger partial charge in [-0.2, -0.15) is 0 Å². The minimum atomic E-state index is -0.721. The molecular weight excluding hydrogens is 240 g/mol. The van der Waals surface area contributed by atoms with Gasteiger partial charge in [0.25, 0.3) is 0 Å². The molecule has 1 aliphatic carbocycles. The summed E-state index contributed by atoms with van der Waals surface area (Å²) in [5, 5.41) is 0. The molecule has 2 N–H and O–H groups in total. The molecule has 2 aliphatic rings. The van der Waals surface area contributed by atoms with E-state index in [-0.39, 0.29) is 5.97 Å². The van der Waals surface area contributed by atoms with Gasteiger partial charge in [-0.3, -0.25) is 4.79 Å². The van der Waals surface area contributed by atoms with Gasteiger partial charge in [-0.15, -0.1) is 0 Å². The molecule has 0 spiro atoms. The topological polar surface area (TPSA) is 55.6 Å². The summed E-state index contributed by atoms with van der Waals surface area (Å²) in [6.07, 6.45) is 5.24. The van der Waals surface area contributed by atoms with E-state index in [1.165, 1.54) is 19.5 Å². The lowest BCUT2D eigenvalue weighted by Crippen LogP contribution is -2.52. The second kappa shape index (κ2) is 6.23. The highest BCUT2D eigenvalue weighted by atomic mass is 16.5. The molecule has 0 aromatic carbocycles. The van der Waals surface area contributed by atoms with E-state index < -0.39 is 5.54 Å². The third kappa shape index (κ3) is 3.29. The lowest BCUT2D eigenvalue weighted by Gasteiger charge is -2.30. The molecule has 4 nitrogen and oxygen atoms in total. The molecule has 0 bridgehead atoms. The molecule has 19 heavy (non-hydrogen) atoms. The Kier molecular flexibility index (Phi) is 4.85. The van der Waals surface area contributed by atoms with Crippen molar-refractivity contribution >= 4 is 5.97 Å². The second-order valence-corrected chi connectivity index (χ2v) is 6.33. The fourth-order valence-electron chi connectivity index (χ4n) is 3.61. The molecule has 2 rings (SSSR count). The van der Waals surface area contributed by atoms with Crippen LogP contribution in [0.3, 0.4) is 0 Å². The molecule has 0 aromatic heterocycles. The van der Waals surface area contributed by atoms with Gasteiger partial charge in [0.15, 0.2) is 0 Å². The third-order valence-corrected chi connectivity index (χ3v) is 4.83. The fourth-order valence-corrected chi connectivity index (χ4v) is 3.61. The van der Waals surface area contributed by atoms with E-state index in [2.05, 4.69) is 11.8 Å². The number of hydrogen-bond donors (Lipinski definition) is 1. The van der Waals surface area contributed by atoms with Crippen LogP contribution in [-0.4, -0.2) is 42.6 Å². The van der Waals surface area contributed by atoms with Crippen molar-refractivity contribution in [1.29, 1.82) is 0 Å². The monoisotopic (exact) mass is 268 g/mol. The summed E-state index contributed by atoms with van der Waals surface area (Å²) in [5.74, 6) is 0.922. The zero-order valence-electron chi connectivity index (χ0n) is 12.4. The van der Waals surface area contributed by atoms with E-state index in [9.17, 15) is 4.79 Å². The highest BCUT2D eigenvalue weighted by Crippen LogP contribution is 2.37. The molecule has 0 radical (unpaired) electrons. The molecule has 3 atom stereocenters. The van der Waals surface area contributed by atoms with Crippen LogP contribution >= 0.6 is 0 Å². The highest BCUT2D eigenvalue weighted by Gasteiger charge is 2.46. The van der Waals surface area contributed by atoms with Crippen LogP contribution in [0.25, 0.3) is 0 Å². The average Bonchev–Trinajstić information content (AvgIpc) is 2.94. The number of hydrogen-bond acceptors (Lipinski definition) is 4. The third-order valence-electron chi connectivity index (χ3n) is 4.83. The maximum Gasteiger partial charge on any atom is 0.326 e. The van der Waals surface area contributed by atoms with E-state index >= 15 is 0 Å². The van der Waals surface area contributed by atoms with E-state index in [4.69, 9.17) is 10.5 Å². The van der Waals surface area contributed by atoms with Crippen LogP contribution in [0.1, 0.15) is 46.0 Å². The summed E-state index contributed by atoms with van der Waals surface area (Å²) in [6, 6.07) is 0.